The molecule has 0 saturated heterocycles. The molecular weight excluding hydrogens is 897 g/mol. The molecule has 11 aromatic carbocycles. The molecule has 74 heavy (non-hydrogen) atoms. The first kappa shape index (κ1) is 41.8. The van der Waals surface area contributed by atoms with Crippen LogP contribution >= 0.6 is 0 Å². The van der Waals surface area contributed by atoms with Crippen LogP contribution in [-0.2, 0) is 0 Å². The average molecular weight is 943 g/mol. The summed E-state index contributed by atoms with van der Waals surface area (Å²) in [6.07, 6.45) is 0. The van der Waals surface area contributed by atoms with Crippen molar-refractivity contribution in [2.75, 3.05) is 0 Å². The first-order valence-electron chi connectivity index (χ1n) is 25.4. The third-order valence-corrected chi connectivity index (χ3v) is 15.2. The van der Waals surface area contributed by atoms with Crippen LogP contribution in [0.5, 0.6) is 0 Å². The highest BCUT2D eigenvalue weighted by molar-refractivity contribution is 6.10. The second-order valence-corrected chi connectivity index (χ2v) is 19.4. The topological polar surface area (TPSA) is 19.7 Å². The van der Waals surface area contributed by atoms with Gasteiger partial charge in [-0.1, -0.05) is 182 Å². The summed E-state index contributed by atoms with van der Waals surface area (Å²) in [5.74, 6) is 0. The molecule has 15 aromatic rings. The molecule has 0 aliphatic carbocycles. The molecule has 0 fully saturated rings. The van der Waals surface area contributed by atoms with E-state index in [0.717, 1.165) is 56.3 Å². The highest BCUT2D eigenvalue weighted by atomic mass is 15.0. The molecule has 4 heterocycles. The summed E-state index contributed by atoms with van der Waals surface area (Å²) in [5.41, 5.74) is 20.9. The molecule has 0 N–H and O–H groups in total. The maximum atomic E-state index is 2.45. The van der Waals surface area contributed by atoms with Crippen LogP contribution in [0.25, 0.3) is 133 Å². The zero-order valence-electron chi connectivity index (χ0n) is 40.3. The molecule has 0 saturated carbocycles. The maximum Gasteiger partial charge on any atom is 0.0542 e. The van der Waals surface area contributed by atoms with E-state index in [9.17, 15) is 0 Å². The lowest BCUT2D eigenvalue weighted by Gasteiger charge is -2.15. The highest BCUT2D eigenvalue weighted by Crippen LogP contribution is 2.41. The molecule has 0 amide bonds. The Bertz CT molecular complexity index is 4180. The van der Waals surface area contributed by atoms with Crippen molar-refractivity contribution in [3.05, 3.63) is 279 Å². The zero-order valence-corrected chi connectivity index (χ0v) is 40.3. The predicted molar refractivity (Wildman–Crippen MR) is 311 cm³/mol. The number of nitrogens with zero attached hydrogens (tertiary/aromatic N) is 4. The molecule has 4 aromatic heterocycles. The minimum Gasteiger partial charge on any atom is -0.309 e. The molecule has 346 valence electrons. The van der Waals surface area contributed by atoms with Crippen molar-refractivity contribution in [1.82, 2.24) is 18.3 Å². The van der Waals surface area contributed by atoms with Gasteiger partial charge in [-0.15, -0.1) is 0 Å². The van der Waals surface area contributed by atoms with E-state index < -0.39 is 0 Å². The number of rotatable bonds is 8. The quantitative estimate of drug-likeness (QED) is 0.145. The lowest BCUT2D eigenvalue weighted by atomic mass is 10.0. The molecular formula is C70H46N4. The number of aromatic nitrogens is 4. The van der Waals surface area contributed by atoms with Crippen molar-refractivity contribution in [3.63, 3.8) is 0 Å². The van der Waals surface area contributed by atoms with Gasteiger partial charge in [0, 0.05) is 55.1 Å². The van der Waals surface area contributed by atoms with Crippen LogP contribution in [-0.4, -0.2) is 18.3 Å². The van der Waals surface area contributed by atoms with E-state index >= 15 is 0 Å². The summed E-state index contributed by atoms with van der Waals surface area (Å²) < 4.78 is 9.68. The SMILES string of the molecule is c1ccc(-c2ccc(-c3cc4cc5c(cc(-c6ccc(-c7ccccc7)cc6)n5-c5ccc(-n6c7ccccc7c7ccccc76)cc5)cc4n3-c3ccc(-n4c5ccccc5c5ccccc54)cc3)cc2)cc1. The van der Waals surface area contributed by atoms with Gasteiger partial charge in [-0.3, -0.25) is 0 Å². The van der Waals surface area contributed by atoms with Crippen LogP contribution in [0.2, 0.25) is 0 Å². The minimum absolute atomic E-state index is 1.10. The number of fused-ring (bicyclic) bond motifs is 8. The summed E-state index contributed by atoms with van der Waals surface area (Å²) in [6.45, 7) is 0. The molecule has 0 radical (unpaired) electrons. The van der Waals surface area contributed by atoms with Crippen molar-refractivity contribution in [2.24, 2.45) is 0 Å². The van der Waals surface area contributed by atoms with Crippen LogP contribution in [0.4, 0.5) is 0 Å². The second kappa shape index (κ2) is 16.9. The fourth-order valence-corrected chi connectivity index (χ4v) is 11.7. The van der Waals surface area contributed by atoms with Crippen molar-refractivity contribution in [2.45, 2.75) is 0 Å². The van der Waals surface area contributed by atoms with Crippen LogP contribution in [0.1, 0.15) is 0 Å². The Morgan fingerprint density at radius 2 is 0.432 bits per heavy atom. The van der Waals surface area contributed by atoms with E-state index in [1.807, 2.05) is 0 Å². The normalized spacial score (nSPS) is 11.8. The van der Waals surface area contributed by atoms with Gasteiger partial charge in [0.25, 0.3) is 0 Å². The molecule has 4 nitrogen and oxygen atoms in total. The summed E-state index contributed by atoms with van der Waals surface area (Å²) in [6, 6.07) is 102. The average Bonchev–Trinajstić information content (AvgIpc) is 4.23. The summed E-state index contributed by atoms with van der Waals surface area (Å²) in [4.78, 5) is 0. The van der Waals surface area contributed by atoms with E-state index in [0.29, 0.717) is 0 Å². The molecule has 15 rings (SSSR count). The van der Waals surface area contributed by atoms with Gasteiger partial charge in [-0.05, 0) is 130 Å². The zero-order chi connectivity index (χ0) is 48.7. The van der Waals surface area contributed by atoms with Gasteiger partial charge in [0.15, 0.2) is 0 Å². The van der Waals surface area contributed by atoms with Crippen molar-refractivity contribution in [3.8, 4) is 67.5 Å². The van der Waals surface area contributed by atoms with E-state index in [1.165, 1.54) is 76.6 Å². The standard InChI is InChI=1S/C70H46N4/c1-3-15-47(16-4-1)49-27-31-51(32-28-49)67-43-53-45-70-54(46-69(53)73(67)57-39-35-55(36-40-57)71-63-23-11-7-19-59(63)60-20-8-12-24-64(60)71)44-68(52-33-29-50(30-34-52)48-17-5-2-6-18-48)74(70)58-41-37-56(38-42-58)72-65-25-13-9-21-61(65)62-22-10-14-26-66(62)72/h1-46H. The van der Waals surface area contributed by atoms with Gasteiger partial charge in [0.1, 0.15) is 0 Å². The highest BCUT2D eigenvalue weighted by Gasteiger charge is 2.21. The van der Waals surface area contributed by atoms with Crippen LogP contribution in [0.3, 0.4) is 0 Å². The van der Waals surface area contributed by atoms with Crippen molar-refractivity contribution >= 4 is 65.4 Å². The summed E-state index contributed by atoms with van der Waals surface area (Å²) >= 11 is 0. The van der Waals surface area contributed by atoms with Crippen molar-refractivity contribution < 1.29 is 0 Å². The van der Waals surface area contributed by atoms with Gasteiger partial charge >= 0.3 is 0 Å². The van der Waals surface area contributed by atoms with E-state index in [4.69, 9.17) is 0 Å². The van der Waals surface area contributed by atoms with E-state index in [1.54, 1.807) is 0 Å². The number of hydrogen-bond donors (Lipinski definition) is 0. The number of para-hydroxylation sites is 4. The monoisotopic (exact) mass is 942 g/mol. The summed E-state index contributed by atoms with van der Waals surface area (Å²) in [7, 11) is 0. The van der Waals surface area contributed by atoms with Crippen molar-refractivity contribution in [1.29, 1.82) is 0 Å². The fraction of sp³-hybridized carbons (Fsp3) is 0. The molecule has 0 aliphatic heterocycles. The lowest BCUT2D eigenvalue weighted by molar-refractivity contribution is 1.11. The molecule has 0 aliphatic rings. The molecule has 0 spiro atoms. The molecule has 4 heteroatoms. The number of hydrogen-bond acceptors (Lipinski definition) is 0. The fourth-order valence-electron chi connectivity index (χ4n) is 11.7. The Morgan fingerprint density at radius 1 is 0.176 bits per heavy atom. The van der Waals surface area contributed by atoms with Crippen LogP contribution < -0.4 is 0 Å². The van der Waals surface area contributed by atoms with Gasteiger partial charge in [-0.25, -0.2) is 0 Å². The second-order valence-electron chi connectivity index (χ2n) is 19.4. The van der Waals surface area contributed by atoms with Gasteiger partial charge < -0.3 is 18.3 Å². The lowest BCUT2D eigenvalue weighted by Crippen LogP contribution is -1.99. The van der Waals surface area contributed by atoms with Crippen LogP contribution in [0.15, 0.2) is 279 Å². The largest absolute Gasteiger partial charge is 0.309 e. The predicted octanol–water partition coefficient (Wildman–Crippen LogP) is 18.4. The first-order chi connectivity index (χ1) is 36.7. The minimum atomic E-state index is 1.10. The third kappa shape index (κ3) is 6.69. The molecule has 0 unspecified atom stereocenters. The van der Waals surface area contributed by atoms with E-state index in [2.05, 4.69) is 297 Å². The molecule has 0 atom stereocenters. The summed E-state index contributed by atoms with van der Waals surface area (Å²) in [5, 5.41) is 7.35. The Labute approximate surface area is 428 Å². The van der Waals surface area contributed by atoms with E-state index in [-0.39, 0.29) is 0 Å². The van der Waals surface area contributed by atoms with Gasteiger partial charge in [0.05, 0.1) is 44.5 Å². The smallest absolute Gasteiger partial charge is 0.0542 e. The Kier molecular flexibility index (Phi) is 9.54. The Hall–Kier alpha value is -9.90. The first-order valence-corrected chi connectivity index (χ1v) is 25.4. The van der Waals surface area contributed by atoms with Crippen LogP contribution in [0, 0.1) is 0 Å². The van der Waals surface area contributed by atoms with Gasteiger partial charge in [-0.2, -0.15) is 0 Å². The molecule has 0 bridgehead atoms. The Balaban J connectivity index is 0.920. The Morgan fingerprint density at radius 3 is 0.757 bits per heavy atom. The van der Waals surface area contributed by atoms with Gasteiger partial charge in [0.2, 0.25) is 0 Å². The number of benzene rings is 11. The maximum absolute atomic E-state index is 2.45. The third-order valence-electron chi connectivity index (χ3n) is 15.2.